The second-order valence-corrected chi connectivity index (χ2v) is 5.39. The third-order valence-electron chi connectivity index (χ3n) is 4.20. The molecule has 21 heavy (non-hydrogen) atoms. The lowest BCUT2D eigenvalue weighted by atomic mass is 9.88. The summed E-state index contributed by atoms with van der Waals surface area (Å²) in [5.41, 5.74) is 2.58. The van der Waals surface area contributed by atoms with E-state index in [0.29, 0.717) is 5.65 Å². The van der Waals surface area contributed by atoms with E-state index in [1.165, 1.54) is 17.5 Å². The Hall–Kier alpha value is -2.63. The summed E-state index contributed by atoms with van der Waals surface area (Å²) in [7, 11) is 0. The van der Waals surface area contributed by atoms with Crippen molar-refractivity contribution in [1.29, 1.82) is 0 Å². The van der Waals surface area contributed by atoms with Gasteiger partial charge in [0.05, 0.1) is 6.33 Å². The van der Waals surface area contributed by atoms with Crippen molar-refractivity contribution in [2.24, 2.45) is 0 Å². The molecule has 106 valence electrons. The summed E-state index contributed by atoms with van der Waals surface area (Å²) in [6, 6.07) is 8.32. The average Bonchev–Trinajstić information content (AvgIpc) is 2.97. The third-order valence-corrected chi connectivity index (χ3v) is 4.20. The molecule has 0 saturated carbocycles. The van der Waals surface area contributed by atoms with Gasteiger partial charge in [0.2, 0.25) is 0 Å². The molecule has 0 aliphatic heterocycles. The van der Waals surface area contributed by atoms with Gasteiger partial charge in [-0.1, -0.05) is 24.3 Å². The van der Waals surface area contributed by atoms with Crippen LogP contribution in [0.1, 0.15) is 23.6 Å². The van der Waals surface area contributed by atoms with Crippen molar-refractivity contribution in [3.8, 4) is 0 Å². The Bertz CT molecular complexity index is 934. The van der Waals surface area contributed by atoms with Gasteiger partial charge in [0.15, 0.2) is 5.52 Å². The zero-order chi connectivity index (χ0) is 14.4. The zero-order valence-electron chi connectivity index (χ0n) is 11.3. The molecule has 1 aliphatic carbocycles. The minimum atomic E-state index is -0.441. The lowest BCUT2D eigenvalue weighted by molar-refractivity contribution is 0.435. The number of aromatic amines is 2. The first-order chi connectivity index (χ1) is 10.2. The van der Waals surface area contributed by atoms with E-state index in [2.05, 4.69) is 27.1 Å². The van der Waals surface area contributed by atoms with Gasteiger partial charge in [-0.2, -0.15) is 0 Å². The number of nitrogens with zero attached hydrogens (tertiary/aromatic N) is 2. The molecule has 0 saturated heterocycles. The van der Waals surface area contributed by atoms with Gasteiger partial charge in [0, 0.05) is 6.04 Å². The third kappa shape index (κ3) is 1.83. The van der Waals surface area contributed by atoms with Gasteiger partial charge < -0.3 is 4.98 Å². The van der Waals surface area contributed by atoms with E-state index in [1.54, 1.807) is 4.57 Å². The van der Waals surface area contributed by atoms with E-state index >= 15 is 0 Å². The highest BCUT2D eigenvalue weighted by Gasteiger charge is 2.23. The average molecular weight is 282 g/mol. The maximum Gasteiger partial charge on any atom is 0.330 e. The highest BCUT2D eigenvalue weighted by atomic mass is 16.2. The SMILES string of the molecule is O=c1[nH]c(=O)n(C2CCc3ccccc3C2)c2[nH]cnc12. The molecule has 6 heteroatoms. The molecular weight excluding hydrogens is 268 g/mol. The van der Waals surface area contributed by atoms with Gasteiger partial charge in [-0.3, -0.25) is 14.3 Å². The van der Waals surface area contributed by atoms with E-state index in [0.717, 1.165) is 19.3 Å². The molecule has 4 rings (SSSR count). The molecule has 0 fully saturated rings. The minimum Gasteiger partial charge on any atom is -0.330 e. The molecule has 0 spiro atoms. The summed E-state index contributed by atoms with van der Waals surface area (Å²) in [5.74, 6) is 0. The van der Waals surface area contributed by atoms with Crippen LogP contribution in [0.5, 0.6) is 0 Å². The summed E-state index contributed by atoms with van der Waals surface area (Å²) >= 11 is 0. The highest BCUT2D eigenvalue weighted by molar-refractivity contribution is 5.68. The van der Waals surface area contributed by atoms with Crippen LogP contribution in [0.15, 0.2) is 40.2 Å². The number of hydrogen-bond donors (Lipinski definition) is 2. The Morgan fingerprint density at radius 1 is 1.19 bits per heavy atom. The van der Waals surface area contributed by atoms with Crippen molar-refractivity contribution in [2.75, 3.05) is 0 Å². The van der Waals surface area contributed by atoms with Gasteiger partial charge >= 0.3 is 5.69 Å². The molecule has 2 N–H and O–H groups in total. The Morgan fingerprint density at radius 2 is 2.00 bits per heavy atom. The quantitative estimate of drug-likeness (QED) is 0.702. The molecule has 0 bridgehead atoms. The van der Waals surface area contributed by atoms with Crippen LogP contribution in [0.2, 0.25) is 0 Å². The number of aryl methyl sites for hydroxylation is 1. The first-order valence-corrected chi connectivity index (χ1v) is 6.99. The molecule has 0 amide bonds. The fraction of sp³-hybridized carbons (Fsp3) is 0.267. The van der Waals surface area contributed by atoms with Crippen molar-refractivity contribution < 1.29 is 0 Å². The van der Waals surface area contributed by atoms with Crippen LogP contribution >= 0.6 is 0 Å². The van der Waals surface area contributed by atoms with E-state index in [9.17, 15) is 9.59 Å². The predicted molar refractivity (Wildman–Crippen MR) is 78.5 cm³/mol. The van der Waals surface area contributed by atoms with E-state index in [-0.39, 0.29) is 17.2 Å². The monoisotopic (exact) mass is 282 g/mol. The van der Waals surface area contributed by atoms with Crippen molar-refractivity contribution in [3.63, 3.8) is 0 Å². The van der Waals surface area contributed by atoms with Crippen LogP contribution in [-0.4, -0.2) is 19.5 Å². The Labute approximate surface area is 119 Å². The summed E-state index contributed by atoms with van der Waals surface area (Å²) in [6.07, 6.45) is 4.04. The lowest BCUT2D eigenvalue weighted by Gasteiger charge is -2.26. The number of rotatable bonds is 1. The Kier molecular flexibility index (Phi) is 2.57. The zero-order valence-corrected chi connectivity index (χ0v) is 11.3. The predicted octanol–water partition coefficient (Wildman–Crippen LogP) is 1.14. The maximum atomic E-state index is 12.2. The maximum absolute atomic E-state index is 12.2. The number of nitrogens with one attached hydrogen (secondary N) is 2. The van der Waals surface area contributed by atoms with Crippen LogP contribution in [0.25, 0.3) is 11.2 Å². The molecular formula is C15H14N4O2. The minimum absolute atomic E-state index is 0.0344. The molecule has 6 nitrogen and oxygen atoms in total. The van der Waals surface area contributed by atoms with Gasteiger partial charge in [0.25, 0.3) is 5.56 Å². The number of hydrogen-bond acceptors (Lipinski definition) is 3. The van der Waals surface area contributed by atoms with Gasteiger partial charge in [-0.15, -0.1) is 0 Å². The molecule has 1 unspecified atom stereocenters. The molecule has 1 aliphatic rings. The molecule has 1 atom stereocenters. The molecule has 0 radical (unpaired) electrons. The van der Waals surface area contributed by atoms with E-state index in [4.69, 9.17) is 0 Å². The summed E-state index contributed by atoms with van der Waals surface area (Å²) in [5, 5.41) is 0. The Morgan fingerprint density at radius 3 is 2.86 bits per heavy atom. The number of benzene rings is 1. The fourth-order valence-corrected chi connectivity index (χ4v) is 3.20. The van der Waals surface area contributed by atoms with E-state index < -0.39 is 5.56 Å². The van der Waals surface area contributed by atoms with Crippen molar-refractivity contribution in [2.45, 2.75) is 25.3 Å². The second-order valence-electron chi connectivity index (χ2n) is 5.39. The van der Waals surface area contributed by atoms with Crippen LogP contribution < -0.4 is 11.2 Å². The molecule has 2 heterocycles. The van der Waals surface area contributed by atoms with Crippen molar-refractivity contribution >= 4 is 11.2 Å². The van der Waals surface area contributed by atoms with Gasteiger partial charge in [-0.25, -0.2) is 9.78 Å². The summed E-state index contributed by atoms with van der Waals surface area (Å²) in [4.78, 5) is 33.2. The molecule has 1 aromatic carbocycles. The van der Waals surface area contributed by atoms with E-state index in [1.807, 2.05) is 12.1 Å². The smallest absolute Gasteiger partial charge is 0.330 e. The molecule has 3 aromatic rings. The summed E-state index contributed by atoms with van der Waals surface area (Å²) < 4.78 is 1.64. The first-order valence-electron chi connectivity index (χ1n) is 6.99. The van der Waals surface area contributed by atoms with Crippen molar-refractivity contribution in [1.82, 2.24) is 19.5 Å². The van der Waals surface area contributed by atoms with Crippen LogP contribution in [0, 0.1) is 0 Å². The topological polar surface area (TPSA) is 83.5 Å². The standard InChI is InChI=1S/C15H14N4O2/c20-14-12-13(17-8-16-12)19(15(21)18-14)11-6-5-9-3-1-2-4-10(9)7-11/h1-4,8,11H,5-7H2,(H,16,17)(H,18,20,21). The van der Waals surface area contributed by atoms with Crippen LogP contribution in [0.4, 0.5) is 0 Å². The van der Waals surface area contributed by atoms with Crippen LogP contribution in [0.3, 0.4) is 0 Å². The molecule has 2 aromatic heterocycles. The van der Waals surface area contributed by atoms with Crippen molar-refractivity contribution in [3.05, 3.63) is 62.6 Å². The lowest BCUT2D eigenvalue weighted by Crippen LogP contribution is -2.35. The first kappa shape index (κ1) is 12.1. The second kappa shape index (κ2) is 4.44. The highest BCUT2D eigenvalue weighted by Crippen LogP contribution is 2.28. The Balaban J connectivity index is 1.87. The largest absolute Gasteiger partial charge is 0.330 e. The summed E-state index contributed by atoms with van der Waals surface area (Å²) in [6.45, 7) is 0. The fourth-order valence-electron chi connectivity index (χ4n) is 3.20. The number of fused-ring (bicyclic) bond motifs is 2. The number of aromatic nitrogens is 4. The number of imidazole rings is 1. The number of H-pyrrole nitrogens is 2. The van der Waals surface area contributed by atoms with Gasteiger partial charge in [-0.05, 0) is 30.4 Å². The van der Waals surface area contributed by atoms with Crippen LogP contribution in [-0.2, 0) is 12.8 Å². The normalized spacial score (nSPS) is 17.8. The van der Waals surface area contributed by atoms with Gasteiger partial charge in [0.1, 0.15) is 5.65 Å².